The summed E-state index contributed by atoms with van der Waals surface area (Å²) in [4.78, 5) is 4.55. The number of benzene rings is 2. The third-order valence-corrected chi connectivity index (χ3v) is 4.10. The molecule has 0 saturated heterocycles. The molecular formula is C15H13FN2S. The fourth-order valence-electron chi connectivity index (χ4n) is 2.01. The van der Waals surface area contributed by atoms with Crippen LogP contribution in [0.15, 0.2) is 36.4 Å². The van der Waals surface area contributed by atoms with Gasteiger partial charge in [0.15, 0.2) is 0 Å². The lowest BCUT2D eigenvalue weighted by atomic mass is 10.2. The maximum atomic E-state index is 13.8. The van der Waals surface area contributed by atoms with Gasteiger partial charge in [-0.2, -0.15) is 0 Å². The second-order valence-corrected chi connectivity index (χ2v) is 5.47. The van der Waals surface area contributed by atoms with Crippen molar-refractivity contribution in [2.24, 2.45) is 0 Å². The van der Waals surface area contributed by atoms with Crippen molar-refractivity contribution in [3.8, 4) is 10.6 Å². The van der Waals surface area contributed by atoms with E-state index in [1.807, 2.05) is 18.2 Å². The predicted octanol–water partition coefficient (Wildman–Crippen LogP) is 4.45. The number of rotatable bonds is 2. The van der Waals surface area contributed by atoms with Gasteiger partial charge in [-0.25, -0.2) is 9.37 Å². The molecule has 0 atom stereocenters. The monoisotopic (exact) mass is 272 g/mol. The van der Waals surface area contributed by atoms with E-state index in [1.54, 1.807) is 24.5 Å². The largest absolute Gasteiger partial charge is 0.386 e. The van der Waals surface area contributed by atoms with Crippen molar-refractivity contribution in [1.29, 1.82) is 0 Å². The van der Waals surface area contributed by atoms with E-state index in [2.05, 4.69) is 23.3 Å². The zero-order valence-corrected chi connectivity index (χ0v) is 11.5. The highest BCUT2D eigenvalue weighted by molar-refractivity contribution is 7.21. The molecule has 3 rings (SSSR count). The van der Waals surface area contributed by atoms with E-state index < -0.39 is 0 Å². The Bertz CT molecular complexity index is 749. The highest BCUT2D eigenvalue weighted by Gasteiger charge is 2.09. The number of nitrogens with one attached hydrogen (secondary N) is 1. The number of hydrogen-bond acceptors (Lipinski definition) is 3. The quantitative estimate of drug-likeness (QED) is 0.745. The molecule has 2 nitrogen and oxygen atoms in total. The first-order valence-corrected chi connectivity index (χ1v) is 6.84. The second kappa shape index (κ2) is 4.63. The van der Waals surface area contributed by atoms with Crippen molar-refractivity contribution in [3.05, 3.63) is 47.8 Å². The minimum atomic E-state index is -0.254. The van der Waals surface area contributed by atoms with Gasteiger partial charge in [0.1, 0.15) is 10.8 Å². The van der Waals surface area contributed by atoms with Crippen LogP contribution in [0.2, 0.25) is 0 Å². The summed E-state index contributed by atoms with van der Waals surface area (Å²) in [7, 11) is 1.71. The molecule has 0 spiro atoms. The van der Waals surface area contributed by atoms with Crippen molar-refractivity contribution < 1.29 is 4.39 Å². The van der Waals surface area contributed by atoms with Crippen LogP contribution in [0.4, 0.5) is 10.1 Å². The molecule has 96 valence electrons. The summed E-state index contributed by atoms with van der Waals surface area (Å²) in [5, 5.41) is 3.67. The minimum Gasteiger partial charge on any atom is -0.386 e. The Labute approximate surface area is 114 Å². The lowest BCUT2D eigenvalue weighted by Gasteiger charge is -2.03. The first-order valence-electron chi connectivity index (χ1n) is 6.02. The van der Waals surface area contributed by atoms with Gasteiger partial charge in [0.25, 0.3) is 0 Å². The van der Waals surface area contributed by atoms with Gasteiger partial charge in [-0.15, -0.1) is 11.3 Å². The summed E-state index contributed by atoms with van der Waals surface area (Å²) in [6, 6.07) is 11.3. The molecule has 0 saturated carbocycles. The van der Waals surface area contributed by atoms with Gasteiger partial charge in [0.2, 0.25) is 0 Å². The van der Waals surface area contributed by atoms with E-state index in [0.29, 0.717) is 5.69 Å². The Hall–Kier alpha value is -1.94. The predicted molar refractivity (Wildman–Crippen MR) is 79.3 cm³/mol. The number of nitrogens with zero attached hydrogens (tertiary/aromatic N) is 1. The summed E-state index contributed by atoms with van der Waals surface area (Å²) in [6.45, 7) is 2.06. The van der Waals surface area contributed by atoms with Crippen LogP contribution < -0.4 is 5.32 Å². The fourth-order valence-corrected chi connectivity index (χ4v) is 3.07. The van der Waals surface area contributed by atoms with Crippen molar-refractivity contribution >= 4 is 27.2 Å². The SMILES string of the molecule is CNc1ccc(-c2nc3ccc(C)cc3s2)cc1F. The fraction of sp³-hybridized carbons (Fsp3) is 0.133. The molecule has 1 N–H and O–H groups in total. The van der Waals surface area contributed by atoms with E-state index in [-0.39, 0.29) is 5.82 Å². The van der Waals surface area contributed by atoms with Gasteiger partial charge in [-0.3, -0.25) is 0 Å². The van der Waals surface area contributed by atoms with Crippen LogP contribution in [0.25, 0.3) is 20.8 Å². The Morgan fingerprint density at radius 1 is 1.16 bits per heavy atom. The van der Waals surface area contributed by atoms with Crippen LogP contribution in [0.5, 0.6) is 0 Å². The molecule has 0 radical (unpaired) electrons. The summed E-state index contributed by atoms with van der Waals surface area (Å²) in [6.07, 6.45) is 0. The number of thiazole rings is 1. The standard InChI is InChI=1S/C15H13FN2S/c1-9-3-5-13-14(7-9)19-15(18-13)10-4-6-12(17-2)11(16)8-10/h3-8,17H,1-2H3. The first kappa shape index (κ1) is 12.1. The molecule has 0 unspecified atom stereocenters. The number of hydrogen-bond donors (Lipinski definition) is 1. The number of halogens is 1. The normalized spacial score (nSPS) is 10.9. The molecule has 3 aromatic rings. The van der Waals surface area contributed by atoms with Crippen molar-refractivity contribution in [1.82, 2.24) is 4.98 Å². The average Bonchev–Trinajstić information content (AvgIpc) is 2.81. The number of aromatic nitrogens is 1. The molecule has 1 heterocycles. The van der Waals surface area contributed by atoms with Crippen LogP contribution in [-0.4, -0.2) is 12.0 Å². The molecule has 0 amide bonds. The number of anilines is 1. The minimum absolute atomic E-state index is 0.254. The summed E-state index contributed by atoms with van der Waals surface area (Å²) < 4.78 is 14.9. The van der Waals surface area contributed by atoms with Gasteiger partial charge in [-0.1, -0.05) is 6.07 Å². The lowest BCUT2D eigenvalue weighted by Crippen LogP contribution is -1.92. The smallest absolute Gasteiger partial charge is 0.146 e. The van der Waals surface area contributed by atoms with E-state index in [9.17, 15) is 4.39 Å². The summed E-state index contributed by atoms with van der Waals surface area (Å²) in [5.74, 6) is -0.254. The van der Waals surface area contributed by atoms with Crippen molar-refractivity contribution in [3.63, 3.8) is 0 Å². The van der Waals surface area contributed by atoms with Crippen molar-refractivity contribution in [2.75, 3.05) is 12.4 Å². The van der Waals surface area contributed by atoms with Gasteiger partial charge in [-0.05, 0) is 42.8 Å². The highest BCUT2D eigenvalue weighted by Crippen LogP contribution is 2.32. The van der Waals surface area contributed by atoms with Gasteiger partial charge < -0.3 is 5.32 Å². The molecule has 0 fully saturated rings. The molecule has 1 aromatic heterocycles. The highest BCUT2D eigenvalue weighted by atomic mass is 32.1. The number of aryl methyl sites for hydroxylation is 1. The summed E-state index contributed by atoms with van der Waals surface area (Å²) in [5.41, 5.74) is 3.49. The van der Waals surface area contributed by atoms with E-state index in [1.165, 1.54) is 11.6 Å². The van der Waals surface area contributed by atoms with E-state index in [0.717, 1.165) is 20.8 Å². The van der Waals surface area contributed by atoms with Crippen LogP contribution in [0.3, 0.4) is 0 Å². The zero-order valence-electron chi connectivity index (χ0n) is 10.7. The molecule has 2 aromatic carbocycles. The Morgan fingerprint density at radius 3 is 2.74 bits per heavy atom. The molecule has 4 heteroatoms. The van der Waals surface area contributed by atoms with Crippen LogP contribution in [0, 0.1) is 12.7 Å². The molecule has 0 bridgehead atoms. The lowest BCUT2D eigenvalue weighted by molar-refractivity contribution is 0.632. The maximum absolute atomic E-state index is 13.8. The topological polar surface area (TPSA) is 24.9 Å². The summed E-state index contributed by atoms with van der Waals surface area (Å²) >= 11 is 1.59. The van der Waals surface area contributed by atoms with Crippen LogP contribution >= 0.6 is 11.3 Å². The molecule has 0 aliphatic rings. The van der Waals surface area contributed by atoms with Crippen LogP contribution in [-0.2, 0) is 0 Å². The third kappa shape index (κ3) is 2.19. The second-order valence-electron chi connectivity index (χ2n) is 4.43. The molecular weight excluding hydrogens is 259 g/mol. The molecule has 0 aliphatic heterocycles. The third-order valence-electron chi connectivity index (χ3n) is 3.03. The van der Waals surface area contributed by atoms with Gasteiger partial charge in [0, 0.05) is 12.6 Å². The Morgan fingerprint density at radius 2 is 2.00 bits per heavy atom. The zero-order chi connectivity index (χ0) is 13.4. The average molecular weight is 272 g/mol. The Kier molecular flexibility index (Phi) is 2.95. The number of fused-ring (bicyclic) bond motifs is 1. The molecule has 0 aliphatic carbocycles. The van der Waals surface area contributed by atoms with Crippen molar-refractivity contribution in [2.45, 2.75) is 6.92 Å². The first-order chi connectivity index (χ1) is 9.17. The molecule has 19 heavy (non-hydrogen) atoms. The maximum Gasteiger partial charge on any atom is 0.146 e. The Balaban J connectivity index is 2.11. The van der Waals surface area contributed by atoms with Gasteiger partial charge in [0.05, 0.1) is 15.9 Å². The van der Waals surface area contributed by atoms with E-state index >= 15 is 0 Å². The van der Waals surface area contributed by atoms with Crippen LogP contribution in [0.1, 0.15) is 5.56 Å². The van der Waals surface area contributed by atoms with Gasteiger partial charge >= 0.3 is 0 Å². The van der Waals surface area contributed by atoms with E-state index in [4.69, 9.17) is 0 Å².